The molecule has 0 fully saturated rings. The quantitative estimate of drug-likeness (QED) is 0.427. The molecule has 1 aromatic heterocycles. The van der Waals surface area contributed by atoms with Crippen molar-refractivity contribution < 1.29 is 4.42 Å². The lowest BCUT2D eigenvalue weighted by Gasteiger charge is -2.25. The third-order valence-corrected chi connectivity index (χ3v) is 4.39. The first-order valence-electron chi connectivity index (χ1n) is 8.54. The van der Waals surface area contributed by atoms with E-state index < -0.39 is 0 Å². The van der Waals surface area contributed by atoms with Crippen molar-refractivity contribution in [3.05, 3.63) is 54.0 Å². The van der Waals surface area contributed by atoms with E-state index in [4.69, 9.17) is 9.41 Å². The van der Waals surface area contributed by atoms with Crippen molar-refractivity contribution in [2.45, 2.75) is 19.4 Å². The van der Waals surface area contributed by atoms with Gasteiger partial charge in [0.25, 0.3) is 0 Å². The number of para-hydroxylation sites is 1. The molecule has 6 heteroatoms. The number of nitrogens with one attached hydrogen (secondary N) is 1. The van der Waals surface area contributed by atoms with E-state index >= 15 is 0 Å². The van der Waals surface area contributed by atoms with E-state index in [1.54, 1.807) is 6.26 Å². The highest BCUT2D eigenvalue weighted by Gasteiger charge is 2.23. The minimum absolute atomic E-state index is 0. The maximum absolute atomic E-state index is 5.59. The molecular formula is C19H27IN4O. The van der Waals surface area contributed by atoms with Gasteiger partial charge in [-0.3, -0.25) is 9.89 Å². The zero-order valence-electron chi connectivity index (χ0n) is 15.1. The SMILES string of the molecule is CCNC(=NCC(c1ccco1)N(C)C)N1CCc2ccccc21.I. The van der Waals surface area contributed by atoms with Crippen LogP contribution in [-0.4, -0.2) is 44.6 Å². The molecule has 0 spiro atoms. The Labute approximate surface area is 167 Å². The number of nitrogens with zero attached hydrogens (tertiary/aromatic N) is 3. The number of benzene rings is 1. The number of aliphatic imine (C=N–C) groups is 1. The van der Waals surface area contributed by atoms with Crippen LogP contribution in [0.25, 0.3) is 0 Å². The molecule has 1 atom stereocenters. The number of likely N-dealkylation sites (N-methyl/N-ethyl adjacent to an activating group) is 1. The Kier molecular flexibility index (Phi) is 7.31. The number of anilines is 1. The van der Waals surface area contributed by atoms with Gasteiger partial charge >= 0.3 is 0 Å². The largest absolute Gasteiger partial charge is 0.468 e. The molecule has 5 nitrogen and oxygen atoms in total. The van der Waals surface area contributed by atoms with E-state index in [9.17, 15) is 0 Å². The molecule has 2 heterocycles. The number of guanidine groups is 1. The molecule has 0 saturated carbocycles. The first-order chi connectivity index (χ1) is 11.7. The van der Waals surface area contributed by atoms with E-state index in [2.05, 4.69) is 60.4 Å². The van der Waals surface area contributed by atoms with Gasteiger partial charge in [-0.25, -0.2) is 0 Å². The third kappa shape index (κ3) is 4.55. The molecule has 0 radical (unpaired) electrons. The van der Waals surface area contributed by atoms with Gasteiger partial charge in [0.2, 0.25) is 0 Å². The number of rotatable bonds is 5. The van der Waals surface area contributed by atoms with Crippen molar-refractivity contribution in [1.82, 2.24) is 10.2 Å². The maximum atomic E-state index is 5.59. The summed E-state index contributed by atoms with van der Waals surface area (Å²) in [6.07, 6.45) is 2.79. The van der Waals surface area contributed by atoms with Crippen molar-refractivity contribution >= 4 is 35.6 Å². The Morgan fingerprint density at radius 3 is 2.76 bits per heavy atom. The molecular weight excluding hydrogens is 427 g/mol. The molecule has 1 unspecified atom stereocenters. The topological polar surface area (TPSA) is 44.0 Å². The smallest absolute Gasteiger partial charge is 0.198 e. The summed E-state index contributed by atoms with van der Waals surface area (Å²) in [6.45, 7) is 4.58. The molecule has 1 aliphatic rings. The summed E-state index contributed by atoms with van der Waals surface area (Å²) in [6, 6.07) is 12.6. The minimum atomic E-state index is 0. The number of furan rings is 1. The summed E-state index contributed by atoms with van der Waals surface area (Å²) in [5, 5.41) is 3.43. The predicted molar refractivity (Wildman–Crippen MR) is 114 cm³/mol. The zero-order chi connectivity index (χ0) is 16.9. The van der Waals surface area contributed by atoms with Gasteiger partial charge in [0.05, 0.1) is 18.8 Å². The Hall–Kier alpha value is -1.54. The van der Waals surface area contributed by atoms with Crippen LogP contribution in [-0.2, 0) is 6.42 Å². The molecule has 1 aromatic carbocycles. The third-order valence-electron chi connectivity index (χ3n) is 4.39. The fourth-order valence-electron chi connectivity index (χ4n) is 3.11. The van der Waals surface area contributed by atoms with E-state index in [0.29, 0.717) is 6.54 Å². The number of hydrogen-bond donors (Lipinski definition) is 1. The van der Waals surface area contributed by atoms with Gasteiger partial charge in [-0.2, -0.15) is 0 Å². The van der Waals surface area contributed by atoms with Gasteiger partial charge in [0, 0.05) is 18.8 Å². The normalized spacial score (nSPS) is 15.0. The second kappa shape index (κ2) is 9.24. The predicted octanol–water partition coefficient (Wildman–Crippen LogP) is 3.53. The molecule has 136 valence electrons. The van der Waals surface area contributed by atoms with E-state index in [-0.39, 0.29) is 30.0 Å². The summed E-state index contributed by atoms with van der Waals surface area (Å²) in [5.41, 5.74) is 2.65. The Balaban J connectivity index is 0.00000225. The molecule has 0 aliphatic carbocycles. The van der Waals surface area contributed by atoms with E-state index in [1.807, 2.05) is 12.1 Å². The molecule has 0 bridgehead atoms. The van der Waals surface area contributed by atoms with Crippen LogP contribution in [0, 0.1) is 0 Å². The molecule has 25 heavy (non-hydrogen) atoms. The van der Waals surface area contributed by atoms with E-state index in [0.717, 1.165) is 31.2 Å². The second-order valence-corrected chi connectivity index (χ2v) is 6.22. The summed E-state index contributed by atoms with van der Waals surface area (Å²) in [7, 11) is 4.11. The lowest BCUT2D eigenvalue weighted by molar-refractivity contribution is 0.265. The summed E-state index contributed by atoms with van der Waals surface area (Å²) >= 11 is 0. The lowest BCUT2D eigenvalue weighted by Crippen LogP contribution is -2.41. The summed E-state index contributed by atoms with van der Waals surface area (Å²) < 4.78 is 5.59. The summed E-state index contributed by atoms with van der Waals surface area (Å²) in [4.78, 5) is 9.33. The number of fused-ring (bicyclic) bond motifs is 1. The molecule has 0 amide bonds. The Morgan fingerprint density at radius 1 is 1.28 bits per heavy atom. The molecule has 1 N–H and O–H groups in total. The molecule has 2 aromatic rings. The van der Waals surface area contributed by atoms with Crippen LogP contribution >= 0.6 is 24.0 Å². The zero-order valence-corrected chi connectivity index (χ0v) is 17.4. The van der Waals surface area contributed by atoms with Crippen molar-refractivity contribution in [1.29, 1.82) is 0 Å². The standard InChI is InChI=1S/C19H26N4O.HI/c1-4-20-19(23-12-11-15-8-5-6-9-16(15)23)21-14-17(22(2)3)18-10-7-13-24-18;/h5-10,13,17H,4,11-12,14H2,1-3H3,(H,20,21);1H. The highest BCUT2D eigenvalue weighted by Crippen LogP contribution is 2.27. The fraction of sp³-hybridized carbons (Fsp3) is 0.421. The minimum Gasteiger partial charge on any atom is -0.468 e. The average Bonchev–Trinajstić information content (AvgIpc) is 3.23. The van der Waals surface area contributed by atoms with Crippen molar-refractivity contribution in [3.63, 3.8) is 0 Å². The Morgan fingerprint density at radius 2 is 2.08 bits per heavy atom. The van der Waals surface area contributed by atoms with Gasteiger partial charge in [-0.05, 0) is 51.2 Å². The number of hydrogen-bond acceptors (Lipinski definition) is 3. The van der Waals surface area contributed by atoms with Crippen LogP contribution in [0.15, 0.2) is 52.1 Å². The average molecular weight is 454 g/mol. The van der Waals surface area contributed by atoms with Crippen molar-refractivity contribution in [3.8, 4) is 0 Å². The van der Waals surface area contributed by atoms with Crippen LogP contribution in [0.5, 0.6) is 0 Å². The van der Waals surface area contributed by atoms with Gasteiger partial charge in [-0.15, -0.1) is 24.0 Å². The van der Waals surface area contributed by atoms with E-state index in [1.165, 1.54) is 11.3 Å². The molecule has 1 aliphatic heterocycles. The van der Waals surface area contributed by atoms with Crippen molar-refractivity contribution in [2.24, 2.45) is 4.99 Å². The molecule has 3 rings (SSSR count). The van der Waals surface area contributed by atoms with Crippen LogP contribution in [0.1, 0.15) is 24.3 Å². The van der Waals surface area contributed by atoms with Crippen LogP contribution in [0.2, 0.25) is 0 Å². The maximum Gasteiger partial charge on any atom is 0.198 e. The highest BCUT2D eigenvalue weighted by molar-refractivity contribution is 14.0. The van der Waals surface area contributed by atoms with Crippen LogP contribution in [0.4, 0.5) is 5.69 Å². The van der Waals surface area contributed by atoms with Gasteiger partial charge in [0.15, 0.2) is 5.96 Å². The van der Waals surface area contributed by atoms with Crippen LogP contribution < -0.4 is 10.2 Å². The highest BCUT2D eigenvalue weighted by atomic mass is 127. The second-order valence-electron chi connectivity index (χ2n) is 6.22. The summed E-state index contributed by atoms with van der Waals surface area (Å²) in [5.74, 6) is 1.89. The van der Waals surface area contributed by atoms with Crippen molar-refractivity contribution in [2.75, 3.05) is 38.6 Å². The van der Waals surface area contributed by atoms with Gasteiger partial charge in [0.1, 0.15) is 5.76 Å². The Bertz CT molecular complexity index is 684. The van der Waals surface area contributed by atoms with Crippen LogP contribution in [0.3, 0.4) is 0 Å². The first-order valence-corrected chi connectivity index (χ1v) is 8.54. The first kappa shape index (κ1) is 19.8. The monoisotopic (exact) mass is 454 g/mol. The van der Waals surface area contributed by atoms with Gasteiger partial charge in [-0.1, -0.05) is 18.2 Å². The fourth-order valence-corrected chi connectivity index (χ4v) is 3.11. The van der Waals surface area contributed by atoms with Gasteiger partial charge < -0.3 is 14.6 Å². The number of halogens is 1. The lowest BCUT2D eigenvalue weighted by atomic mass is 10.2. The molecule has 0 saturated heterocycles.